The van der Waals surface area contributed by atoms with E-state index in [1.807, 2.05) is 4.90 Å². The molecule has 1 saturated heterocycles. The standard InChI is InChI=1S/C15H21NO2/c1-11(2)12-7-9-16(10-8-12)15(18)13-3-5-14(17)6-4-13/h3-6,11-12,17H,7-10H2,1-2H3. The fourth-order valence-electron chi connectivity index (χ4n) is 2.56. The van der Waals surface area contributed by atoms with Gasteiger partial charge in [0.1, 0.15) is 5.75 Å². The molecular formula is C15H21NO2. The van der Waals surface area contributed by atoms with E-state index in [-0.39, 0.29) is 11.7 Å². The van der Waals surface area contributed by atoms with Crippen molar-refractivity contribution in [3.05, 3.63) is 29.8 Å². The lowest BCUT2D eigenvalue weighted by Crippen LogP contribution is -2.39. The number of hydrogen-bond donors (Lipinski definition) is 1. The molecule has 3 nitrogen and oxygen atoms in total. The number of amides is 1. The monoisotopic (exact) mass is 247 g/mol. The molecule has 1 aliphatic rings. The molecule has 3 heteroatoms. The molecule has 0 radical (unpaired) electrons. The number of piperidine rings is 1. The Morgan fingerprint density at radius 1 is 1.22 bits per heavy atom. The Kier molecular flexibility index (Phi) is 3.90. The van der Waals surface area contributed by atoms with E-state index in [0.29, 0.717) is 11.5 Å². The number of phenolic OH excluding ortho intramolecular Hbond substituents is 1. The van der Waals surface area contributed by atoms with Crippen LogP contribution < -0.4 is 0 Å². The van der Waals surface area contributed by atoms with Gasteiger partial charge < -0.3 is 10.0 Å². The van der Waals surface area contributed by atoms with Gasteiger partial charge >= 0.3 is 0 Å². The van der Waals surface area contributed by atoms with Crippen molar-refractivity contribution in [2.24, 2.45) is 11.8 Å². The van der Waals surface area contributed by atoms with Crippen LogP contribution in [0.15, 0.2) is 24.3 Å². The molecule has 98 valence electrons. The van der Waals surface area contributed by atoms with Crippen molar-refractivity contribution < 1.29 is 9.90 Å². The summed E-state index contributed by atoms with van der Waals surface area (Å²) in [6.45, 7) is 6.20. The summed E-state index contributed by atoms with van der Waals surface area (Å²) in [5.41, 5.74) is 0.663. The summed E-state index contributed by atoms with van der Waals surface area (Å²) >= 11 is 0. The van der Waals surface area contributed by atoms with Crippen LogP contribution in [0.2, 0.25) is 0 Å². The van der Waals surface area contributed by atoms with Gasteiger partial charge in [-0.3, -0.25) is 4.79 Å². The molecule has 0 atom stereocenters. The fourth-order valence-corrected chi connectivity index (χ4v) is 2.56. The van der Waals surface area contributed by atoms with Gasteiger partial charge in [0.05, 0.1) is 0 Å². The van der Waals surface area contributed by atoms with E-state index in [0.717, 1.165) is 31.8 Å². The molecule has 1 aliphatic heterocycles. The highest BCUT2D eigenvalue weighted by Crippen LogP contribution is 2.25. The van der Waals surface area contributed by atoms with Crippen LogP contribution in [0, 0.1) is 11.8 Å². The molecule has 1 amide bonds. The first-order valence-corrected chi connectivity index (χ1v) is 6.66. The van der Waals surface area contributed by atoms with Crippen molar-refractivity contribution in [2.75, 3.05) is 13.1 Å². The van der Waals surface area contributed by atoms with Gasteiger partial charge in [-0.1, -0.05) is 13.8 Å². The van der Waals surface area contributed by atoms with E-state index in [9.17, 15) is 9.90 Å². The molecule has 1 aromatic rings. The lowest BCUT2D eigenvalue weighted by atomic mass is 9.86. The molecule has 1 N–H and O–H groups in total. The largest absolute Gasteiger partial charge is 0.508 e. The van der Waals surface area contributed by atoms with Gasteiger partial charge in [-0.05, 0) is 48.9 Å². The summed E-state index contributed by atoms with van der Waals surface area (Å²) in [7, 11) is 0. The van der Waals surface area contributed by atoms with Crippen LogP contribution in [-0.2, 0) is 0 Å². The molecule has 0 spiro atoms. The van der Waals surface area contributed by atoms with Gasteiger partial charge in [-0.2, -0.15) is 0 Å². The minimum atomic E-state index is 0.0807. The van der Waals surface area contributed by atoms with E-state index in [1.54, 1.807) is 24.3 Å². The number of likely N-dealkylation sites (tertiary alicyclic amines) is 1. The molecule has 0 saturated carbocycles. The Labute approximate surface area is 108 Å². The van der Waals surface area contributed by atoms with Gasteiger partial charge in [0.2, 0.25) is 0 Å². The highest BCUT2D eigenvalue weighted by atomic mass is 16.3. The summed E-state index contributed by atoms with van der Waals surface area (Å²) in [5, 5.41) is 9.22. The van der Waals surface area contributed by atoms with Crippen molar-refractivity contribution in [3.8, 4) is 5.75 Å². The molecule has 0 aromatic heterocycles. The Balaban J connectivity index is 1.97. The minimum Gasteiger partial charge on any atom is -0.508 e. The zero-order chi connectivity index (χ0) is 13.1. The maximum atomic E-state index is 12.2. The summed E-state index contributed by atoms with van der Waals surface area (Å²) in [6.07, 6.45) is 2.20. The van der Waals surface area contributed by atoms with Crippen molar-refractivity contribution >= 4 is 5.91 Å². The number of aromatic hydroxyl groups is 1. The van der Waals surface area contributed by atoms with Gasteiger partial charge in [0, 0.05) is 18.7 Å². The maximum absolute atomic E-state index is 12.2. The van der Waals surface area contributed by atoms with Gasteiger partial charge in [0.25, 0.3) is 5.91 Å². The first-order valence-electron chi connectivity index (χ1n) is 6.66. The summed E-state index contributed by atoms with van der Waals surface area (Å²) in [6, 6.07) is 6.50. The number of hydrogen-bond acceptors (Lipinski definition) is 2. The third-order valence-corrected chi connectivity index (χ3v) is 3.88. The third kappa shape index (κ3) is 2.84. The van der Waals surface area contributed by atoms with Crippen LogP contribution in [0.5, 0.6) is 5.75 Å². The zero-order valence-electron chi connectivity index (χ0n) is 11.1. The second kappa shape index (κ2) is 5.42. The second-order valence-corrected chi connectivity index (χ2v) is 5.42. The smallest absolute Gasteiger partial charge is 0.253 e. The first kappa shape index (κ1) is 12.9. The molecular weight excluding hydrogens is 226 g/mol. The molecule has 2 rings (SSSR count). The van der Waals surface area contributed by atoms with E-state index < -0.39 is 0 Å². The highest BCUT2D eigenvalue weighted by Gasteiger charge is 2.24. The molecule has 18 heavy (non-hydrogen) atoms. The summed E-state index contributed by atoms with van der Waals surface area (Å²) in [5.74, 6) is 1.73. The Morgan fingerprint density at radius 3 is 2.28 bits per heavy atom. The Morgan fingerprint density at radius 2 is 1.78 bits per heavy atom. The average Bonchev–Trinajstić information content (AvgIpc) is 2.39. The lowest BCUT2D eigenvalue weighted by molar-refractivity contribution is 0.0667. The molecule has 0 aliphatic carbocycles. The number of rotatable bonds is 2. The number of nitrogens with zero attached hydrogens (tertiary/aromatic N) is 1. The second-order valence-electron chi connectivity index (χ2n) is 5.42. The zero-order valence-corrected chi connectivity index (χ0v) is 11.1. The van der Waals surface area contributed by atoms with E-state index in [2.05, 4.69) is 13.8 Å². The SMILES string of the molecule is CC(C)C1CCN(C(=O)c2ccc(O)cc2)CC1. The number of phenols is 1. The number of carbonyl (C=O) groups is 1. The summed E-state index contributed by atoms with van der Waals surface area (Å²) < 4.78 is 0. The first-order chi connectivity index (χ1) is 8.58. The molecule has 1 heterocycles. The predicted molar refractivity (Wildman–Crippen MR) is 71.6 cm³/mol. The van der Waals surface area contributed by atoms with Crippen molar-refractivity contribution in [3.63, 3.8) is 0 Å². The van der Waals surface area contributed by atoms with Crippen molar-refractivity contribution in [1.29, 1.82) is 0 Å². The van der Waals surface area contributed by atoms with Crippen LogP contribution in [0.3, 0.4) is 0 Å². The molecule has 1 fully saturated rings. The van der Waals surface area contributed by atoms with Crippen LogP contribution >= 0.6 is 0 Å². The van der Waals surface area contributed by atoms with Crippen LogP contribution in [0.4, 0.5) is 0 Å². The Bertz CT molecular complexity index is 403. The van der Waals surface area contributed by atoms with E-state index >= 15 is 0 Å². The molecule has 1 aromatic carbocycles. The van der Waals surface area contributed by atoms with Gasteiger partial charge in [-0.15, -0.1) is 0 Å². The highest BCUT2D eigenvalue weighted by molar-refractivity contribution is 5.94. The minimum absolute atomic E-state index is 0.0807. The van der Waals surface area contributed by atoms with Crippen LogP contribution in [-0.4, -0.2) is 29.0 Å². The lowest BCUT2D eigenvalue weighted by Gasteiger charge is -2.33. The maximum Gasteiger partial charge on any atom is 0.253 e. The Hall–Kier alpha value is -1.51. The number of benzene rings is 1. The normalized spacial score (nSPS) is 17.2. The van der Waals surface area contributed by atoms with Crippen molar-refractivity contribution in [1.82, 2.24) is 4.90 Å². The number of carbonyl (C=O) groups excluding carboxylic acids is 1. The van der Waals surface area contributed by atoms with Gasteiger partial charge in [-0.25, -0.2) is 0 Å². The third-order valence-electron chi connectivity index (χ3n) is 3.88. The van der Waals surface area contributed by atoms with E-state index in [1.165, 1.54) is 0 Å². The van der Waals surface area contributed by atoms with Crippen LogP contribution in [0.25, 0.3) is 0 Å². The van der Waals surface area contributed by atoms with Crippen molar-refractivity contribution in [2.45, 2.75) is 26.7 Å². The topological polar surface area (TPSA) is 40.5 Å². The summed E-state index contributed by atoms with van der Waals surface area (Å²) in [4.78, 5) is 14.2. The van der Waals surface area contributed by atoms with Crippen LogP contribution in [0.1, 0.15) is 37.0 Å². The molecule has 0 unspecified atom stereocenters. The molecule has 0 bridgehead atoms. The predicted octanol–water partition coefficient (Wildman–Crippen LogP) is 2.90. The fraction of sp³-hybridized carbons (Fsp3) is 0.533. The quantitative estimate of drug-likeness (QED) is 0.873. The van der Waals surface area contributed by atoms with Gasteiger partial charge in [0.15, 0.2) is 0 Å². The van der Waals surface area contributed by atoms with E-state index in [4.69, 9.17) is 0 Å². The average molecular weight is 247 g/mol.